The van der Waals surface area contributed by atoms with E-state index in [-0.39, 0.29) is 58.0 Å². The number of carbonyl (C=O) groups excluding carboxylic acids is 3. The second kappa shape index (κ2) is 12.4. The Bertz CT molecular complexity index is 1440. The first-order valence-corrected chi connectivity index (χ1v) is 19.7. The van der Waals surface area contributed by atoms with Gasteiger partial charge in [0.25, 0.3) is 0 Å². The molecule has 5 aliphatic carbocycles. The summed E-state index contributed by atoms with van der Waals surface area (Å²) < 4.78 is 6.17. The van der Waals surface area contributed by atoms with Gasteiger partial charge in [-0.15, -0.1) is 0 Å². The highest BCUT2D eigenvalue weighted by atomic mass is 16.5. The summed E-state index contributed by atoms with van der Waals surface area (Å²) in [5.74, 6) is 1.20. The first-order chi connectivity index (χ1) is 23.1. The number of esters is 1. The van der Waals surface area contributed by atoms with Gasteiger partial charge in [-0.25, -0.2) is 0 Å². The Morgan fingerprint density at radius 2 is 1.60 bits per heavy atom. The van der Waals surface area contributed by atoms with E-state index in [4.69, 9.17) is 4.74 Å². The number of carbonyl (C=O) groups is 4. The van der Waals surface area contributed by atoms with Crippen molar-refractivity contribution in [2.45, 2.75) is 139 Å². The number of carboxylic acids is 1. The highest BCUT2D eigenvalue weighted by molar-refractivity contribution is 5.86. The number of hydrogen-bond donors (Lipinski definition) is 1. The summed E-state index contributed by atoms with van der Waals surface area (Å²) in [4.78, 5) is 54.9. The van der Waals surface area contributed by atoms with Gasteiger partial charge in [-0.1, -0.05) is 46.8 Å². The SMILES string of the molecule is C=C(C)[C@@H]1CC[C@]2(CC(=O)N3CCN(C)C(=O)C3)CC[C@]3(C)[C@H](CC[C@@H]4[C@@]5(C)CC[C@H](OC(=O)CC(C)(C)C(=O)O)C(C)(C)[C@@H]5CC[C@]43C)[C@@H]12. The van der Waals surface area contributed by atoms with Crippen LogP contribution in [0.15, 0.2) is 12.2 Å². The molecule has 8 nitrogen and oxygen atoms in total. The molecule has 0 aromatic heterocycles. The standard InChI is InChI=1S/C42H66N2O6/c1-26(2)27-13-18-42(23-32(45)44-22-21-43(10)33(46)25-44)20-19-40(8)28(35(27)42)11-12-30-39(7)16-15-31(50-34(47)24-37(3,4)36(48)49)38(5,6)29(39)14-17-41(30,40)9/h27-31,35H,1,11-25H2,2-10H3,(H,48,49)/t27-,28+,29-,30+,31-,35+,39-,40+,41+,42+/m0/s1. The van der Waals surface area contributed by atoms with Gasteiger partial charge in [0.1, 0.15) is 6.10 Å². The maximum absolute atomic E-state index is 14.0. The fourth-order valence-corrected chi connectivity index (χ4v) is 13.8. The Morgan fingerprint density at radius 1 is 0.900 bits per heavy atom. The van der Waals surface area contributed by atoms with Crippen molar-refractivity contribution < 1.29 is 29.0 Å². The van der Waals surface area contributed by atoms with E-state index in [1.54, 1.807) is 18.7 Å². The number of carboxylic acid groups (broad SMARTS) is 1. The number of fused-ring (bicyclic) bond motifs is 7. The van der Waals surface area contributed by atoms with Crippen LogP contribution in [0.25, 0.3) is 0 Å². The summed E-state index contributed by atoms with van der Waals surface area (Å²) >= 11 is 0. The highest BCUT2D eigenvalue weighted by Gasteiger charge is 2.71. The van der Waals surface area contributed by atoms with Crippen molar-refractivity contribution >= 4 is 23.8 Å². The van der Waals surface area contributed by atoms with Crippen LogP contribution in [0.4, 0.5) is 0 Å². The molecular formula is C42H66N2O6. The molecule has 0 spiro atoms. The second-order valence-corrected chi connectivity index (χ2v) is 20.1. The van der Waals surface area contributed by atoms with Crippen LogP contribution in [0.2, 0.25) is 0 Å². The van der Waals surface area contributed by atoms with Crippen molar-refractivity contribution in [1.29, 1.82) is 0 Å². The molecule has 2 amide bonds. The summed E-state index contributed by atoms with van der Waals surface area (Å²) in [5, 5.41) is 9.60. The van der Waals surface area contributed by atoms with E-state index in [0.717, 1.165) is 51.4 Å². The first-order valence-electron chi connectivity index (χ1n) is 19.7. The average molecular weight is 695 g/mol. The maximum atomic E-state index is 14.0. The van der Waals surface area contributed by atoms with Gasteiger partial charge in [-0.2, -0.15) is 0 Å². The van der Waals surface area contributed by atoms with Crippen molar-refractivity contribution in [2.75, 3.05) is 26.7 Å². The topological polar surface area (TPSA) is 104 Å². The number of nitrogens with zero attached hydrogens (tertiary/aromatic N) is 2. The van der Waals surface area contributed by atoms with Gasteiger partial charge in [0.05, 0.1) is 18.4 Å². The third-order valence-corrected chi connectivity index (χ3v) is 16.9. The predicted molar refractivity (Wildman–Crippen MR) is 194 cm³/mol. The normalized spacial score (nSPS) is 42.5. The van der Waals surface area contributed by atoms with Gasteiger partial charge >= 0.3 is 11.9 Å². The quantitative estimate of drug-likeness (QED) is 0.216. The molecule has 1 N–H and O–H groups in total. The Kier molecular flexibility index (Phi) is 9.24. The van der Waals surface area contributed by atoms with Crippen LogP contribution in [0, 0.1) is 62.1 Å². The minimum Gasteiger partial charge on any atom is -0.481 e. The summed E-state index contributed by atoms with van der Waals surface area (Å²) in [5.41, 5.74) is 0.317. The lowest BCUT2D eigenvalue weighted by Gasteiger charge is -2.73. The number of amides is 2. The molecule has 0 aromatic rings. The van der Waals surface area contributed by atoms with Crippen molar-refractivity contribution in [1.82, 2.24) is 9.80 Å². The molecule has 50 heavy (non-hydrogen) atoms. The monoisotopic (exact) mass is 694 g/mol. The molecule has 0 unspecified atom stereocenters. The van der Waals surface area contributed by atoms with Gasteiger partial charge in [0.15, 0.2) is 0 Å². The van der Waals surface area contributed by atoms with Crippen LogP contribution >= 0.6 is 0 Å². The lowest BCUT2D eigenvalue weighted by molar-refractivity contribution is -0.250. The average Bonchev–Trinajstić information content (AvgIpc) is 3.39. The second-order valence-electron chi connectivity index (χ2n) is 20.1. The number of piperazine rings is 1. The largest absolute Gasteiger partial charge is 0.481 e. The zero-order valence-electron chi connectivity index (χ0n) is 32.7. The summed E-state index contributed by atoms with van der Waals surface area (Å²) in [6, 6.07) is 0. The zero-order valence-corrected chi connectivity index (χ0v) is 32.7. The minimum absolute atomic E-state index is 0.0271. The van der Waals surface area contributed by atoms with Crippen molar-refractivity contribution in [2.24, 2.45) is 62.1 Å². The number of rotatable bonds is 7. The van der Waals surface area contributed by atoms with Crippen molar-refractivity contribution in [3.05, 3.63) is 12.2 Å². The molecule has 10 atom stereocenters. The van der Waals surface area contributed by atoms with Gasteiger partial charge < -0.3 is 19.6 Å². The molecule has 280 valence electrons. The fraction of sp³-hybridized carbons (Fsp3) is 0.857. The van der Waals surface area contributed by atoms with E-state index in [9.17, 15) is 24.3 Å². The number of aliphatic carboxylic acids is 1. The van der Waals surface area contributed by atoms with E-state index >= 15 is 0 Å². The Morgan fingerprint density at radius 3 is 2.24 bits per heavy atom. The maximum Gasteiger partial charge on any atom is 0.309 e. The van der Waals surface area contributed by atoms with Crippen LogP contribution in [0.3, 0.4) is 0 Å². The van der Waals surface area contributed by atoms with Crippen LogP contribution in [-0.2, 0) is 23.9 Å². The van der Waals surface area contributed by atoms with Crippen LogP contribution in [-0.4, -0.2) is 71.4 Å². The van der Waals surface area contributed by atoms with E-state index in [1.807, 2.05) is 11.9 Å². The van der Waals surface area contributed by atoms with Gasteiger partial charge in [0, 0.05) is 32.0 Å². The lowest BCUT2D eigenvalue weighted by atomic mass is 9.32. The number of likely N-dealkylation sites (N-methyl/N-ethyl adjacent to an activating group) is 1. The van der Waals surface area contributed by atoms with Crippen molar-refractivity contribution in [3.8, 4) is 0 Å². The number of allylic oxidation sites excluding steroid dienone is 1. The smallest absolute Gasteiger partial charge is 0.309 e. The van der Waals surface area contributed by atoms with Gasteiger partial charge in [-0.3, -0.25) is 19.2 Å². The van der Waals surface area contributed by atoms with Gasteiger partial charge in [0.2, 0.25) is 11.8 Å². The van der Waals surface area contributed by atoms with E-state index < -0.39 is 17.4 Å². The molecule has 0 bridgehead atoms. The fourth-order valence-electron chi connectivity index (χ4n) is 13.8. The molecule has 5 saturated carbocycles. The summed E-state index contributed by atoms with van der Waals surface area (Å²) in [7, 11) is 1.83. The molecule has 6 aliphatic rings. The van der Waals surface area contributed by atoms with Crippen LogP contribution < -0.4 is 0 Å². The van der Waals surface area contributed by atoms with E-state index in [1.165, 1.54) is 18.4 Å². The summed E-state index contributed by atoms with van der Waals surface area (Å²) in [6.45, 7) is 23.7. The van der Waals surface area contributed by atoms with Crippen LogP contribution in [0.1, 0.15) is 132 Å². The summed E-state index contributed by atoms with van der Waals surface area (Å²) in [6.07, 6.45) is 11.1. The number of ether oxygens (including phenoxy) is 1. The molecule has 1 aliphatic heterocycles. The molecule has 0 aromatic carbocycles. The predicted octanol–water partition coefficient (Wildman–Crippen LogP) is 7.75. The lowest BCUT2D eigenvalue weighted by Crippen LogP contribution is -2.67. The third kappa shape index (κ3) is 5.58. The first kappa shape index (κ1) is 37.4. The van der Waals surface area contributed by atoms with Crippen molar-refractivity contribution in [3.63, 3.8) is 0 Å². The molecule has 0 radical (unpaired) electrons. The number of hydrogen-bond acceptors (Lipinski definition) is 5. The molecule has 8 heteroatoms. The van der Waals surface area contributed by atoms with E-state index in [2.05, 4.69) is 48.1 Å². The highest BCUT2D eigenvalue weighted by Crippen LogP contribution is 2.78. The Balaban J connectivity index is 1.25. The minimum atomic E-state index is -1.15. The molecule has 1 saturated heterocycles. The van der Waals surface area contributed by atoms with Gasteiger partial charge in [-0.05, 0) is 136 Å². The van der Waals surface area contributed by atoms with E-state index in [0.29, 0.717) is 49.1 Å². The Labute approximate surface area is 301 Å². The third-order valence-electron chi connectivity index (χ3n) is 16.9. The van der Waals surface area contributed by atoms with Crippen LogP contribution in [0.5, 0.6) is 0 Å². The molecule has 6 fully saturated rings. The molecule has 1 heterocycles. The molecular weight excluding hydrogens is 628 g/mol. The Hall–Kier alpha value is -2.38. The molecule has 6 rings (SSSR count). The zero-order chi connectivity index (χ0) is 36.8.